The van der Waals surface area contributed by atoms with E-state index in [4.69, 9.17) is 9.72 Å². The van der Waals surface area contributed by atoms with E-state index in [1.54, 1.807) is 12.1 Å². The minimum atomic E-state index is -3.49. The standard InChI is InChI=1S/C23H32N4O3S/c1-6-12-27-22-11-10-20(31(28,29)25(3)4)16-21(22)24-23(27)17-26(5)13-14-30-19-9-7-8-18(2)15-19/h7-11,15-16H,6,12-14,17H2,1-5H3. The van der Waals surface area contributed by atoms with Gasteiger partial charge >= 0.3 is 0 Å². The molecule has 31 heavy (non-hydrogen) atoms. The van der Waals surface area contributed by atoms with E-state index in [2.05, 4.69) is 16.4 Å². The molecule has 0 aliphatic carbocycles. The quantitative estimate of drug-likeness (QED) is 0.479. The smallest absolute Gasteiger partial charge is 0.242 e. The first-order chi connectivity index (χ1) is 14.7. The molecule has 2 aromatic carbocycles. The molecule has 3 aromatic rings. The van der Waals surface area contributed by atoms with E-state index in [1.807, 2.05) is 44.3 Å². The zero-order valence-corrected chi connectivity index (χ0v) is 19.8. The summed E-state index contributed by atoms with van der Waals surface area (Å²) in [6.45, 7) is 7.00. The molecule has 0 fully saturated rings. The number of sulfonamides is 1. The lowest BCUT2D eigenvalue weighted by molar-refractivity contribution is 0.228. The summed E-state index contributed by atoms with van der Waals surface area (Å²) >= 11 is 0. The number of hydrogen-bond donors (Lipinski definition) is 0. The molecule has 0 aliphatic rings. The first-order valence-corrected chi connectivity index (χ1v) is 12.0. The first-order valence-electron chi connectivity index (χ1n) is 10.5. The van der Waals surface area contributed by atoms with Gasteiger partial charge in [-0.3, -0.25) is 4.90 Å². The summed E-state index contributed by atoms with van der Waals surface area (Å²) in [5, 5.41) is 0. The lowest BCUT2D eigenvalue weighted by Gasteiger charge is -2.18. The summed E-state index contributed by atoms with van der Waals surface area (Å²) < 4.78 is 34.3. The van der Waals surface area contributed by atoms with Crippen molar-refractivity contribution in [1.82, 2.24) is 18.8 Å². The van der Waals surface area contributed by atoms with Gasteiger partial charge in [-0.1, -0.05) is 19.1 Å². The Morgan fingerprint density at radius 2 is 1.87 bits per heavy atom. The number of imidazole rings is 1. The molecule has 0 amide bonds. The fourth-order valence-electron chi connectivity index (χ4n) is 3.47. The fraction of sp³-hybridized carbons (Fsp3) is 0.435. The number of nitrogens with zero attached hydrogens (tertiary/aromatic N) is 4. The Bertz CT molecular complexity index is 1140. The third-order valence-electron chi connectivity index (χ3n) is 5.17. The van der Waals surface area contributed by atoms with Gasteiger partial charge in [0.15, 0.2) is 0 Å². The summed E-state index contributed by atoms with van der Waals surface area (Å²) in [6, 6.07) is 13.2. The van der Waals surface area contributed by atoms with E-state index in [-0.39, 0.29) is 4.90 Å². The van der Waals surface area contributed by atoms with Crippen LogP contribution in [0.1, 0.15) is 24.7 Å². The van der Waals surface area contributed by atoms with Crippen LogP contribution in [0.4, 0.5) is 0 Å². The van der Waals surface area contributed by atoms with Crippen LogP contribution in [0.15, 0.2) is 47.4 Å². The third kappa shape index (κ3) is 5.44. The Morgan fingerprint density at radius 1 is 1.10 bits per heavy atom. The lowest BCUT2D eigenvalue weighted by atomic mass is 10.2. The van der Waals surface area contributed by atoms with Crippen LogP contribution in [0.3, 0.4) is 0 Å². The zero-order valence-electron chi connectivity index (χ0n) is 19.0. The molecule has 1 aromatic heterocycles. The van der Waals surface area contributed by atoms with Crippen LogP contribution in [0.2, 0.25) is 0 Å². The average Bonchev–Trinajstić information content (AvgIpc) is 3.04. The highest BCUT2D eigenvalue weighted by molar-refractivity contribution is 7.89. The van der Waals surface area contributed by atoms with E-state index >= 15 is 0 Å². The summed E-state index contributed by atoms with van der Waals surface area (Å²) in [6.07, 6.45) is 0.969. The molecule has 168 valence electrons. The molecule has 0 aliphatic heterocycles. The van der Waals surface area contributed by atoms with E-state index in [1.165, 1.54) is 24.0 Å². The average molecular weight is 445 g/mol. The van der Waals surface area contributed by atoms with Crippen LogP contribution >= 0.6 is 0 Å². The maximum absolute atomic E-state index is 12.5. The highest BCUT2D eigenvalue weighted by Gasteiger charge is 2.20. The van der Waals surface area contributed by atoms with Crippen molar-refractivity contribution in [3.63, 3.8) is 0 Å². The highest BCUT2D eigenvalue weighted by atomic mass is 32.2. The van der Waals surface area contributed by atoms with Gasteiger partial charge in [0.05, 0.1) is 22.5 Å². The van der Waals surface area contributed by atoms with Crippen LogP contribution < -0.4 is 4.74 Å². The Morgan fingerprint density at radius 3 is 2.55 bits per heavy atom. The van der Waals surface area contributed by atoms with Gasteiger partial charge in [-0.25, -0.2) is 17.7 Å². The van der Waals surface area contributed by atoms with Crippen molar-refractivity contribution in [2.45, 2.75) is 38.3 Å². The van der Waals surface area contributed by atoms with Crippen LogP contribution in [-0.2, 0) is 23.1 Å². The monoisotopic (exact) mass is 444 g/mol. The van der Waals surface area contributed by atoms with Gasteiger partial charge in [0.1, 0.15) is 18.2 Å². The second kappa shape index (κ2) is 9.80. The van der Waals surface area contributed by atoms with Gasteiger partial charge in [0.2, 0.25) is 10.0 Å². The Balaban J connectivity index is 1.76. The molecule has 1 heterocycles. The van der Waals surface area contributed by atoms with Crippen molar-refractivity contribution < 1.29 is 13.2 Å². The summed E-state index contributed by atoms with van der Waals surface area (Å²) in [7, 11) is 1.62. The number of likely N-dealkylation sites (N-methyl/N-ethyl adjacent to an activating group) is 1. The molecular weight excluding hydrogens is 412 g/mol. The molecule has 0 saturated heterocycles. The summed E-state index contributed by atoms with van der Waals surface area (Å²) in [5.41, 5.74) is 2.84. The Hall–Kier alpha value is -2.42. The predicted octanol–water partition coefficient (Wildman–Crippen LogP) is 3.52. The van der Waals surface area contributed by atoms with Gasteiger partial charge in [0, 0.05) is 27.2 Å². The molecule has 8 heteroatoms. The molecule has 7 nitrogen and oxygen atoms in total. The molecule has 0 spiro atoms. The highest BCUT2D eigenvalue weighted by Crippen LogP contribution is 2.23. The van der Waals surface area contributed by atoms with Crippen LogP contribution in [0, 0.1) is 6.92 Å². The van der Waals surface area contributed by atoms with Gasteiger partial charge < -0.3 is 9.30 Å². The second-order valence-corrected chi connectivity index (χ2v) is 10.2. The van der Waals surface area contributed by atoms with Crippen molar-refractivity contribution >= 4 is 21.1 Å². The van der Waals surface area contributed by atoms with Crippen LogP contribution in [0.5, 0.6) is 5.75 Å². The molecule has 0 bridgehead atoms. The van der Waals surface area contributed by atoms with Crippen molar-refractivity contribution in [3.8, 4) is 5.75 Å². The fourth-order valence-corrected chi connectivity index (χ4v) is 4.39. The number of aryl methyl sites for hydroxylation is 2. The zero-order chi connectivity index (χ0) is 22.6. The summed E-state index contributed by atoms with van der Waals surface area (Å²) in [4.78, 5) is 7.21. The largest absolute Gasteiger partial charge is 0.492 e. The molecule has 0 saturated carbocycles. The molecule has 0 unspecified atom stereocenters. The normalized spacial score (nSPS) is 12.2. The van der Waals surface area contributed by atoms with Gasteiger partial charge in [0.25, 0.3) is 0 Å². The van der Waals surface area contributed by atoms with E-state index in [0.717, 1.165) is 36.6 Å². The number of hydrogen-bond acceptors (Lipinski definition) is 5. The number of aromatic nitrogens is 2. The molecule has 3 rings (SSSR count). The molecular formula is C23H32N4O3S. The number of rotatable bonds is 10. The van der Waals surface area contributed by atoms with Gasteiger partial charge in [-0.05, 0) is 56.3 Å². The lowest BCUT2D eigenvalue weighted by Crippen LogP contribution is -2.25. The molecule has 0 radical (unpaired) electrons. The van der Waals surface area contributed by atoms with Crippen LogP contribution in [0.25, 0.3) is 11.0 Å². The maximum Gasteiger partial charge on any atom is 0.242 e. The van der Waals surface area contributed by atoms with E-state index in [0.29, 0.717) is 18.7 Å². The minimum Gasteiger partial charge on any atom is -0.492 e. The topological polar surface area (TPSA) is 67.7 Å². The summed E-state index contributed by atoms with van der Waals surface area (Å²) in [5.74, 6) is 1.80. The van der Waals surface area contributed by atoms with Gasteiger partial charge in [-0.15, -0.1) is 0 Å². The van der Waals surface area contributed by atoms with Crippen molar-refractivity contribution in [1.29, 1.82) is 0 Å². The Kier molecular flexibility index (Phi) is 7.35. The molecule has 0 N–H and O–H groups in total. The van der Waals surface area contributed by atoms with E-state index in [9.17, 15) is 8.42 Å². The SMILES string of the molecule is CCCn1c(CN(C)CCOc2cccc(C)c2)nc2cc(S(=O)(=O)N(C)C)ccc21. The van der Waals surface area contributed by atoms with Crippen molar-refractivity contribution in [3.05, 3.63) is 53.9 Å². The van der Waals surface area contributed by atoms with Crippen molar-refractivity contribution in [2.75, 3.05) is 34.3 Å². The van der Waals surface area contributed by atoms with Crippen LogP contribution in [-0.4, -0.2) is 61.5 Å². The predicted molar refractivity (Wildman–Crippen MR) is 124 cm³/mol. The van der Waals surface area contributed by atoms with E-state index < -0.39 is 10.0 Å². The van der Waals surface area contributed by atoms with Gasteiger partial charge in [-0.2, -0.15) is 0 Å². The Labute approximate surface area is 185 Å². The number of ether oxygens (including phenoxy) is 1. The number of benzene rings is 2. The van der Waals surface area contributed by atoms with Crippen molar-refractivity contribution in [2.24, 2.45) is 0 Å². The maximum atomic E-state index is 12.5. The third-order valence-corrected chi connectivity index (χ3v) is 6.98. The molecule has 0 atom stereocenters. The number of fused-ring (bicyclic) bond motifs is 1. The first kappa shape index (κ1) is 23.2. The minimum absolute atomic E-state index is 0.262. The second-order valence-electron chi connectivity index (χ2n) is 8.02.